The highest BCUT2D eigenvalue weighted by Gasteiger charge is 2.39. The fraction of sp³-hybridized carbons (Fsp3) is 0.476. The quantitative estimate of drug-likeness (QED) is 0.648. The summed E-state index contributed by atoms with van der Waals surface area (Å²) in [5.41, 5.74) is 2.07. The van der Waals surface area contributed by atoms with Gasteiger partial charge in [-0.3, -0.25) is 4.79 Å². The lowest BCUT2D eigenvalue weighted by Crippen LogP contribution is -2.42. The average Bonchev–Trinajstić information content (AvgIpc) is 3.38. The van der Waals surface area contributed by atoms with Crippen molar-refractivity contribution >= 4 is 41.8 Å². The Bertz CT molecular complexity index is 1000. The van der Waals surface area contributed by atoms with E-state index in [9.17, 15) is 4.79 Å². The van der Waals surface area contributed by atoms with Crippen LogP contribution in [-0.4, -0.2) is 50.7 Å². The summed E-state index contributed by atoms with van der Waals surface area (Å²) in [6.07, 6.45) is 6.56. The van der Waals surface area contributed by atoms with Crippen molar-refractivity contribution in [3.8, 4) is 11.5 Å². The molecule has 1 N–H and O–H groups in total. The first kappa shape index (κ1) is 22.6. The van der Waals surface area contributed by atoms with E-state index < -0.39 is 0 Å². The summed E-state index contributed by atoms with van der Waals surface area (Å²) < 4.78 is 7.45. The predicted octanol–water partition coefficient (Wildman–Crippen LogP) is 4.08. The van der Waals surface area contributed by atoms with Crippen LogP contribution >= 0.6 is 24.8 Å². The zero-order valence-electron chi connectivity index (χ0n) is 17.1. The number of hydrogen-bond acceptors (Lipinski definition) is 5. The molecule has 3 aromatic rings. The Hall–Kier alpha value is -2.09. The molecule has 1 amide bonds. The van der Waals surface area contributed by atoms with Crippen molar-refractivity contribution in [2.75, 3.05) is 13.1 Å². The van der Waals surface area contributed by atoms with E-state index in [2.05, 4.69) is 29.2 Å². The van der Waals surface area contributed by atoms with Crippen molar-refractivity contribution in [2.45, 2.75) is 51.2 Å². The topological polar surface area (TPSA) is 76.2 Å². The fourth-order valence-electron chi connectivity index (χ4n) is 4.58. The maximum absolute atomic E-state index is 13.7. The van der Waals surface area contributed by atoms with Gasteiger partial charge in [0.1, 0.15) is 5.69 Å². The summed E-state index contributed by atoms with van der Waals surface area (Å²) in [7, 11) is 0. The van der Waals surface area contributed by atoms with Crippen molar-refractivity contribution in [1.29, 1.82) is 0 Å². The molecule has 162 valence electrons. The molecule has 30 heavy (non-hydrogen) atoms. The van der Waals surface area contributed by atoms with Crippen LogP contribution < -0.4 is 5.32 Å². The minimum Gasteiger partial charge on any atom is -0.463 e. The number of nitrogens with one attached hydrogen (secondary N) is 1. The Morgan fingerprint density at radius 2 is 2.03 bits per heavy atom. The molecule has 5 heterocycles. The highest BCUT2D eigenvalue weighted by atomic mass is 35.5. The molecule has 0 aromatic carbocycles. The van der Waals surface area contributed by atoms with Crippen LogP contribution in [0.15, 0.2) is 35.1 Å². The molecular weight excluding hydrogens is 425 g/mol. The molecule has 0 saturated carbocycles. The van der Waals surface area contributed by atoms with Crippen LogP contribution in [0.2, 0.25) is 0 Å². The first-order valence-electron chi connectivity index (χ1n) is 10.1. The Morgan fingerprint density at radius 1 is 1.23 bits per heavy atom. The summed E-state index contributed by atoms with van der Waals surface area (Å²) in [5, 5.41) is 8.80. The van der Waals surface area contributed by atoms with Gasteiger partial charge in [0.05, 0.1) is 23.4 Å². The standard InChI is InChI=1S/C21H25N5O2.2ClH/c1-13(2)26-20-17(12-23-26)16(10-18(24-20)19-4-3-9-28-19)21(27)25-14-5-6-15(25)11-22-8-7-14;;/h3-4,9-10,12-15,22H,5-8,11H2,1-2H3;2*1H. The van der Waals surface area contributed by atoms with Crippen molar-refractivity contribution in [1.82, 2.24) is 25.0 Å². The number of halogens is 2. The zero-order chi connectivity index (χ0) is 19.3. The average molecular weight is 452 g/mol. The van der Waals surface area contributed by atoms with E-state index in [1.807, 2.05) is 22.9 Å². The number of amides is 1. The van der Waals surface area contributed by atoms with Crippen LogP contribution in [0.5, 0.6) is 0 Å². The minimum absolute atomic E-state index is 0. The normalized spacial score (nSPS) is 20.7. The van der Waals surface area contributed by atoms with Crippen molar-refractivity contribution in [3.05, 3.63) is 36.2 Å². The molecule has 2 unspecified atom stereocenters. The maximum Gasteiger partial charge on any atom is 0.255 e. The molecule has 2 fully saturated rings. The number of fused-ring (bicyclic) bond motifs is 3. The third kappa shape index (κ3) is 3.70. The van der Waals surface area contributed by atoms with Gasteiger partial charge < -0.3 is 14.6 Å². The van der Waals surface area contributed by atoms with Gasteiger partial charge in [0.25, 0.3) is 5.91 Å². The molecule has 2 bridgehead atoms. The highest BCUT2D eigenvalue weighted by Crippen LogP contribution is 2.33. The lowest BCUT2D eigenvalue weighted by atomic mass is 10.1. The van der Waals surface area contributed by atoms with Crippen LogP contribution in [0.4, 0.5) is 0 Å². The Kier molecular flexibility index (Phi) is 6.75. The monoisotopic (exact) mass is 451 g/mol. The molecule has 3 aromatic heterocycles. The number of nitrogens with zero attached hydrogens (tertiary/aromatic N) is 4. The van der Waals surface area contributed by atoms with E-state index in [-0.39, 0.29) is 42.8 Å². The summed E-state index contributed by atoms with van der Waals surface area (Å²) >= 11 is 0. The molecule has 9 heteroatoms. The van der Waals surface area contributed by atoms with Crippen molar-refractivity contribution in [2.24, 2.45) is 0 Å². The van der Waals surface area contributed by atoms with Crippen LogP contribution in [0.25, 0.3) is 22.5 Å². The van der Waals surface area contributed by atoms with Gasteiger partial charge in [-0.05, 0) is 57.9 Å². The van der Waals surface area contributed by atoms with Crippen molar-refractivity contribution in [3.63, 3.8) is 0 Å². The molecule has 0 radical (unpaired) electrons. The Labute approximate surface area is 188 Å². The number of rotatable bonds is 3. The van der Waals surface area contributed by atoms with Crippen molar-refractivity contribution < 1.29 is 9.21 Å². The van der Waals surface area contributed by atoms with Crippen LogP contribution in [-0.2, 0) is 0 Å². The van der Waals surface area contributed by atoms with E-state index in [0.29, 0.717) is 23.1 Å². The van der Waals surface area contributed by atoms with Crippen LogP contribution in [0, 0.1) is 0 Å². The van der Waals surface area contributed by atoms with Gasteiger partial charge in [-0.1, -0.05) is 0 Å². The molecule has 2 aliphatic heterocycles. The number of aromatic nitrogens is 3. The van der Waals surface area contributed by atoms with E-state index in [0.717, 1.165) is 43.4 Å². The molecule has 7 nitrogen and oxygen atoms in total. The third-order valence-corrected chi connectivity index (χ3v) is 5.95. The van der Waals surface area contributed by atoms with Gasteiger partial charge in [0.15, 0.2) is 11.4 Å². The van der Waals surface area contributed by atoms with E-state index in [4.69, 9.17) is 9.40 Å². The number of furan rings is 1. The fourth-order valence-corrected chi connectivity index (χ4v) is 4.58. The summed E-state index contributed by atoms with van der Waals surface area (Å²) in [4.78, 5) is 20.6. The second-order valence-electron chi connectivity index (χ2n) is 8.04. The first-order valence-corrected chi connectivity index (χ1v) is 10.1. The van der Waals surface area contributed by atoms with E-state index in [1.165, 1.54) is 0 Å². The van der Waals surface area contributed by atoms with Gasteiger partial charge in [0, 0.05) is 24.7 Å². The second kappa shape index (κ2) is 8.96. The van der Waals surface area contributed by atoms with E-state index in [1.54, 1.807) is 12.5 Å². The number of hydrogen-bond donors (Lipinski definition) is 1. The summed E-state index contributed by atoms with van der Waals surface area (Å²) in [6, 6.07) is 6.30. The Morgan fingerprint density at radius 3 is 2.77 bits per heavy atom. The molecule has 0 spiro atoms. The van der Waals surface area contributed by atoms with Gasteiger partial charge in [-0.25, -0.2) is 9.67 Å². The smallest absolute Gasteiger partial charge is 0.255 e. The van der Waals surface area contributed by atoms with Gasteiger partial charge in [0.2, 0.25) is 0 Å². The van der Waals surface area contributed by atoms with E-state index >= 15 is 0 Å². The lowest BCUT2D eigenvalue weighted by Gasteiger charge is -2.28. The number of pyridine rings is 1. The molecule has 0 aliphatic carbocycles. The van der Waals surface area contributed by atoms with Gasteiger partial charge in [-0.2, -0.15) is 5.10 Å². The van der Waals surface area contributed by atoms with Crippen LogP contribution in [0.1, 0.15) is 49.5 Å². The first-order chi connectivity index (χ1) is 13.6. The SMILES string of the molecule is CC(C)n1ncc2c(C(=O)N3C4CCNCC3CC4)cc(-c3ccco3)nc21.Cl.Cl. The molecular formula is C21H27Cl2N5O2. The Balaban J connectivity index is 0.00000128. The largest absolute Gasteiger partial charge is 0.463 e. The molecule has 5 rings (SSSR count). The zero-order valence-corrected chi connectivity index (χ0v) is 18.7. The predicted molar refractivity (Wildman–Crippen MR) is 121 cm³/mol. The third-order valence-electron chi connectivity index (χ3n) is 5.95. The van der Waals surface area contributed by atoms with Crippen LogP contribution in [0.3, 0.4) is 0 Å². The second-order valence-corrected chi connectivity index (χ2v) is 8.04. The van der Waals surface area contributed by atoms with Gasteiger partial charge in [-0.15, -0.1) is 24.8 Å². The van der Waals surface area contributed by atoms with Gasteiger partial charge >= 0.3 is 0 Å². The summed E-state index contributed by atoms with van der Waals surface area (Å²) in [5.74, 6) is 0.743. The number of carbonyl (C=O) groups is 1. The minimum atomic E-state index is 0. The lowest BCUT2D eigenvalue weighted by molar-refractivity contribution is 0.0682. The molecule has 2 atom stereocenters. The summed E-state index contributed by atoms with van der Waals surface area (Å²) in [6.45, 7) is 5.97. The maximum atomic E-state index is 13.7. The molecule has 2 aliphatic rings. The molecule has 2 saturated heterocycles. The number of carbonyl (C=O) groups excluding carboxylic acids is 1. The highest BCUT2D eigenvalue weighted by molar-refractivity contribution is 6.06.